The van der Waals surface area contributed by atoms with E-state index in [0.29, 0.717) is 25.6 Å². The van der Waals surface area contributed by atoms with E-state index in [-0.39, 0.29) is 23.5 Å². The van der Waals surface area contributed by atoms with Gasteiger partial charge in [-0.3, -0.25) is 4.79 Å². The Labute approximate surface area is 110 Å². The maximum absolute atomic E-state index is 12.6. The van der Waals surface area contributed by atoms with Crippen molar-refractivity contribution < 1.29 is 9.53 Å². The van der Waals surface area contributed by atoms with Crippen molar-refractivity contribution in [1.29, 1.82) is 0 Å². The minimum absolute atomic E-state index is 0.0163. The first-order valence-electron chi connectivity index (χ1n) is 7.09. The van der Waals surface area contributed by atoms with Crippen LogP contribution < -0.4 is 5.73 Å². The fourth-order valence-electron chi connectivity index (χ4n) is 3.17. The first kappa shape index (κ1) is 13.8. The van der Waals surface area contributed by atoms with Crippen LogP contribution in [0.3, 0.4) is 0 Å². The van der Waals surface area contributed by atoms with Crippen LogP contribution in [0.15, 0.2) is 0 Å². The molecule has 1 saturated heterocycles. The molecule has 4 nitrogen and oxygen atoms in total. The molecule has 2 fully saturated rings. The third-order valence-electron chi connectivity index (χ3n) is 4.35. The fraction of sp³-hybridized carbons (Fsp3) is 0.929. The molecular weight excluding hydrogens is 228 g/mol. The lowest BCUT2D eigenvalue weighted by Crippen LogP contribution is -2.55. The predicted molar refractivity (Wildman–Crippen MR) is 71.1 cm³/mol. The van der Waals surface area contributed by atoms with Gasteiger partial charge in [0, 0.05) is 19.1 Å². The van der Waals surface area contributed by atoms with Gasteiger partial charge in [-0.25, -0.2) is 0 Å². The zero-order valence-corrected chi connectivity index (χ0v) is 11.8. The Balaban J connectivity index is 2.02. The molecule has 2 N–H and O–H groups in total. The lowest BCUT2D eigenvalue weighted by atomic mass is 9.77. The third kappa shape index (κ3) is 2.86. The number of nitrogens with zero attached hydrogens (tertiary/aromatic N) is 1. The summed E-state index contributed by atoms with van der Waals surface area (Å²) in [6, 6.07) is 0.0252. The van der Waals surface area contributed by atoms with Gasteiger partial charge in [0.25, 0.3) is 0 Å². The van der Waals surface area contributed by atoms with Gasteiger partial charge in [-0.2, -0.15) is 0 Å². The van der Waals surface area contributed by atoms with Crippen LogP contribution in [0.4, 0.5) is 0 Å². The van der Waals surface area contributed by atoms with E-state index in [1.807, 2.05) is 18.7 Å². The summed E-state index contributed by atoms with van der Waals surface area (Å²) in [5, 5.41) is 0. The van der Waals surface area contributed by atoms with E-state index in [0.717, 1.165) is 19.3 Å². The van der Waals surface area contributed by atoms with Crippen LogP contribution in [0.2, 0.25) is 0 Å². The average Bonchev–Trinajstić information content (AvgIpc) is 2.30. The molecule has 0 radical (unpaired) electrons. The quantitative estimate of drug-likeness (QED) is 0.769. The first-order valence-corrected chi connectivity index (χ1v) is 7.09. The molecule has 1 amide bonds. The Hall–Kier alpha value is -0.610. The topological polar surface area (TPSA) is 55.6 Å². The van der Waals surface area contributed by atoms with Crippen LogP contribution in [-0.4, -0.2) is 42.1 Å². The van der Waals surface area contributed by atoms with Crippen molar-refractivity contribution in [2.75, 3.05) is 19.7 Å². The highest BCUT2D eigenvalue weighted by Gasteiger charge is 2.38. The van der Waals surface area contributed by atoms with Crippen molar-refractivity contribution in [3.8, 4) is 0 Å². The van der Waals surface area contributed by atoms with E-state index < -0.39 is 0 Å². The van der Waals surface area contributed by atoms with E-state index >= 15 is 0 Å². The second-order valence-electron chi connectivity index (χ2n) is 6.46. The van der Waals surface area contributed by atoms with Gasteiger partial charge in [0.1, 0.15) is 0 Å². The molecule has 3 atom stereocenters. The molecule has 1 aliphatic heterocycles. The van der Waals surface area contributed by atoms with Crippen LogP contribution in [0, 0.1) is 11.8 Å². The molecule has 1 heterocycles. The number of carbonyl (C=O) groups excluding carboxylic acids is 1. The van der Waals surface area contributed by atoms with Gasteiger partial charge in [-0.05, 0) is 32.6 Å². The number of nitrogens with two attached hydrogens (primary N) is 1. The van der Waals surface area contributed by atoms with E-state index in [2.05, 4.69) is 6.92 Å². The van der Waals surface area contributed by atoms with Crippen molar-refractivity contribution in [2.45, 2.75) is 51.7 Å². The van der Waals surface area contributed by atoms with Gasteiger partial charge in [0.05, 0.1) is 18.1 Å². The molecule has 2 rings (SSSR count). The molecule has 1 aliphatic carbocycles. The smallest absolute Gasteiger partial charge is 0.227 e. The van der Waals surface area contributed by atoms with Crippen LogP contribution in [0.1, 0.15) is 40.0 Å². The monoisotopic (exact) mass is 254 g/mol. The summed E-state index contributed by atoms with van der Waals surface area (Å²) in [5.41, 5.74) is 6.00. The first-order chi connectivity index (χ1) is 8.41. The second kappa shape index (κ2) is 5.17. The van der Waals surface area contributed by atoms with Crippen molar-refractivity contribution in [3.63, 3.8) is 0 Å². The van der Waals surface area contributed by atoms with Crippen LogP contribution >= 0.6 is 0 Å². The SMILES string of the molecule is CC1CCCC(C(=O)N2CCOC(C)(C)C2)C1N. The van der Waals surface area contributed by atoms with E-state index in [1.165, 1.54) is 0 Å². The zero-order valence-electron chi connectivity index (χ0n) is 11.8. The van der Waals surface area contributed by atoms with E-state index in [1.54, 1.807) is 0 Å². The van der Waals surface area contributed by atoms with E-state index in [9.17, 15) is 4.79 Å². The summed E-state index contributed by atoms with van der Waals surface area (Å²) in [5.74, 6) is 0.717. The van der Waals surface area contributed by atoms with Crippen molar-refractivity contribution in [1.82, 2.24) is 4.90 Å². The summed E-state index contributed by atoms with van der Waals surface area (Å²) in [7, 11) is 0. The molecule has 0 bridgehead atoms. The fourth-order valence-corrected chi connectivity index (χ4v) is 3.17. The Kier molecular flexibility index (Phi) is 3.97. The van der Waals surface area contributed by atoms with Gasteiger partial charge in [0.2, 0.25) is 5.91 Å². The molecule has 1 saturated carbocycles. The summed E-state index contributed by atoms with van der Waals surface area (Å²) in [6.07, 6.45) is 3.22. The third-order valence-corrected chi connectivity index (χ3v) is 4.35. The lowest BCUT2D eigenvalue weighted by Gasteiger charge is -2.42. The number of ether oxygens (including phenoxy) is 1. The standard InChI is InChI=1S/C14H26N2O2/c1-10-5-4-6-11(12(10)15)13(17)16-7-8-18-14(2,3)9-16/h10-12H,4-9,15H2,1-3H3. The van der Waals surface area contributed by atoms with Crippen molar-refractivity contribution >= 4 is 5.91 Å². The number of amides is 1. The van der Waals surface area contributed by atoms with Gasteiger partial charge >= 0.3 is 0 Å². The van der Waals surface area contributed by atoms with Gasteiger partial charge < -0.3 is 15.4 Å². The predicted octanol–water partition coefficient (Wildman–Crippen LogP) is 1.39. The maximum atomic E-state index is 12.6. The second-order valence-corrected chi connectivity index (χ2v) is 6.46. The Bertz CT molecular complexity index is 317. The summed E-state index contributed by atoms with van der Waals surface area (Å²) in [6.45, 7) is 8.26. The minimum atomic E-state index is -0.224. The Morgan fingerprint density at radius 1 is 1.39 bits per heavy atom. The van der Waals surface area contributed by atoms with Crippen molar-refractivity contribution in [2.24, 2.45) is 17.6 Å². The summed E-state index contributed by atoms with van der Waals surface area (Å²) in [4.78, 5) is 14.5. The van der Waals surface area contributed by atoms with Crippen LogP contribution in [0.25, 0.3) is 0 Å². The summed E-state index contributed by atoms with van der Waals surface area (Å²) < 4.78 is 5.66. The number of morpholine rings is 1. The normalized spacial score (nSPS) is 36.4. The molecule has 18 heavy (non-hydrogen) atoms. The van der Waals surface area contributed by atoms with Crippen molar-refractivity contribution in [3.05, 3.63) is 0 Å². The van der Waals surface area contributed by atoms with Crippen LogP contribution in [-0.2, 0) is 9.53 Å². The van der Waals surface area contributed by atoms with Gasteiger partial charge in [-0.1, -0.05) is 13.3 Å². The number of rotatable bonds is 1. The highest BCUT2D eigenvalue weighted by atomic mass is 16.5. The van der Waals surface area contributed by atoms with Crippen LogP contribution in [0.5, 0.6) is 0 Å². The lowest BCUT2D eigenvalue weighted by molar-refractivity contribution is -0.152. The minimum Gasteiger partial charge on any atom is -0.372 e. The molecule has 4 heteroatoms. The number of carbonyl (C=O) groups is 1. The van der Waals surface area contributed by atoms with Gasteiger partial charge in [-0.15, -0.1) is 0 Å². The number of hydrogen-bond acceptors (Lipinski definition) is 3. The maximum Gasteiger partial charge on any atom is 0.227 e. The van der Waals surface area contributed by atoms with E-state index in [4.69, 9.17) is 10.5 Å². The molecule has 3 unspecified atom stereocenters. The Morgan fingerprint density at radius 3 is 2.78 bits per heavy atom. The number of hydrogen-bond donors (Lipinski definition) is 1. The summed E-state index contributed by atoms with van der Waals surface area (Å²) >= 11 is 0. The highest BCUT2D eigenvalue weighted by molar-refractivity contribution is 5.80. The largest absolute Gasteiger partial charge is 0.372 e. The molecule has 104 valence electrons. The Morgan fingerprint density at radius 2 is 2.11 bits per heavy atom. The average molecular weight is 254 g/mol. The molecule has 0 aromatic carbocycles. The molecule has 0 spiro atoms. The molecular formula is C14H26N2O2. The van der Waals surface area contributed by atoms with Gasteiger partial charge in [0.15, 0.2) is 0 Å². The molecule has 0 aromatic heterocycles. The zero-order chi connectivity index (χ0) is 13.3. The molecule has 0 aromatic rings. The molecule has 2 aliphatic rings. The highest BCUT2D eigenvalue weighted by Crippen LogP contribution is 2.30.